The number of hydrogen-bond acceptors (Lipinski definition) is 4. The SMILES string of the molecule is N/C(=N/O)c1ccc(N2CCn3ccnc3C2)c(F)c1Br. The molecule has 0 saturated carbocycles. The van der Waals surface area contributed by atoms with Crippen molar-refractivity contribution < 1.29 is 9.60 Å². The number of imidazole rings is 1. The molecule has 0 aliphatic carbocycles. The van der Waals surface area contributed by atoms with E-state index in [1.807, 2.05) is 15.7 Å². The first-order valence-electron chi connectivity index (χ1n) is 6.32. The summed E-state index contributed by atoms with van der Waals surface area (Å²) in [5.74, 6) is 0.331. The van der Waals surface area contributed by atoms with Gasteiger partial charge in [0.05, 0.1) is 16.7 Å². The highest BCUT2D eigenvalue weighted by Gasteiger charge is 2.22. The Morgan fingerprint density at radius 2 is 2.24 bits per heavy atom. The number of rotatable bonds is 2. The summed E-state index contributed by atoms with van der Waals surface area (Å²) in [6.07, 6.45) is 3.66. The smallest absolute Gasteiger partial charge is 0.171 e. The van der Waals surface area contributed by atoms with E-state index in [-0.39, 0.29) is 10.3 Å². The maximum absolute atomic E-state index is 14.5. The van der Waals surface area contributed by atoms with E-state index in [0.29, 0.717) is 24.3 Å². The van der Waals surface area contributed by atoms with Gasteiger partial charge >= 0.3 is 0 Å². The lowest BCUT2D eigenvalue weighted by atomic mass is 10.1. The van der Waals surface area contributed by atoms with E-state index in [9.17, 15) is 4.39 Å². The molecular formula is C13H13BrFN5O. The Hall–Kier alpha value is -2.09. The van der Waals surface area contributed by atoms with Crippen molar-refractivity contribution in [2.45, 2.75) is 13.1 Å². The normalized spacial score (nSPS) is 15.1. The van der Waals surface area contributed by atoms with Crippen LogP contribution in [0, 0.1) is 5.82 Å². The molecule has 0 bridgehead atoms. The maximum atomic E-state index is 14.5. The van der Waals surface area contributed by atoms with Gasteiger partial charge in [0, 0.05) is 31.0 Å². The van der Waals surface area contributed by atoms with Crippen LogP contribution in [-0.2, 0) is 13.1 Å². The predicted octanol–water partition coefficient (Wildman–Crippen LogP) is 1.90. The van der Waals surface area contributed by atoms with E-state index in [2.05, 4.69) is 26.1 Å². The van der Waals surface area contributed by atoms with Crippen molar-refractivity contribution in [2.75, 3.05) is 11.4 Å². The maximum Gasteiger partial charge on any atom is 0.171 e. The molecule has 0 saturated heterocycles. The molecule has 1 aromatic carbocycles. The lowest BCUT2D eigenvalue weighted by Crippen LogP contribution is -2.34. The molecular weight excluding hydrogens is 341 g/mol. The number of fused-ring (bicyclic) bond motifs is 1. The Labute approximate surface area is 128 Å². The van der Waals surface area contributed by atoms with Gasteiger partial charge < -0.3 is 20.4 Å². The quantitative estimate of drug-likeness (QED) is 0.374. The minimum atomic E-state index is -0.431. The molecule has 0 unspecified atom stereocenters. The van der Waals surface area contributed by atoms with Crippen molar-refractivity contribution in [2.24, 2.45) is 10.9 Å². The summed E-state index contributed by atoms with van der Waals surface area (Å²) in [7, 11) is 0. The van der Waals surface area contributed by atoms with Crippen molar-refractivity contribution in [1.29, 1.82) is 0 Å². The molecule has 0 spiro atoms. The highest BCUT2D eigenvalue weighted by atomic mass is 79.9. The second-order valence-electron chi connectivity index (χ2n) is 4.70. The fourth-order valence-corrected chi connectivity index (χ4v) is 2.95. The van der Waals surface area contributed by atoms with Crippen LogP contribution in [0.1, 0.15) is 11.4 Å². The van der Waals surface area contributed by atoms with Gasteiger partial charge in [-0.15, -0.1) is 0 Å². The third kappa shape index (κ3) is 2.35. The van der Waals surface area contributed by atoms with E-state index in [1.165, 1.54) is 0 Å². The van der Waals surface area contributed by atoms with Gasteiger partial charge in [0.15, 0.2) is 11.7 Å². The molecule has 0 amide bonds. The van der Waals surface area contributed by atoms with Crippen LogP contribution in [0.5, 0.6) is 0 Å². The summed E-state index contributed by atoms with van der Waals surface area (Å²) in [6.45, 7) is 1.99. The highest BCUT2D eigenvalue weighted by Crippen LogP contribution is 2.31. The van der Waals surface area contributed by atoms with Crippen molar-refractivity contribution >= 4 is 27.5 Å². The van der Waals surface area contributed by atoms with Gasteiger partial charge in [0.25, 0.3) is 0 Å². The first kappa shape index (κ1) is 13.9. The van der Waals surface area contributed by atoms with Crippen LogP contribution in [0.25, 0.3) is 0 Å². The summed E-state index contributed by atoms with van der Waals surface area (Å²) >= 11 is 3.17. The second kappa shape index (κ2) is 5.36. The summed E-state index contributed by atoms with van der Waals surface area (Å²) in [5, 5.41) is 11.6. The molecule has 3 rings (SSSR count). The van der Waals surface area contributed by atoms with Gasteiger partial charge in [-0.05, 0) is 28.1 Å². The summed E-state index contributed by atoms with van der Waals surface area (Å²) in [4.78, 5) is 6.17. The molecule has 8 heteroatoms. The summed E-state index contributed by atoms with van der Waals surface area (Å²) in [6, 6.07) is 3.25. The van der Waals surface area contributed by atoms with Gasteiger partial charge in [-0.3, -0.25) is 0 Å². The van der Waals surface area contributed by atoms with Gasteiger partial charge in [0.2, 0.25) is 0 Å². The lowest BCUT2D eigenvalue weighted by molar-refractivity contribution is 0.318. The molecule has 2 heterocycles. The molecule has 6 nitrogen and oxygen atoms in total. The fourth-order valence-electron chi connectivity index (χ4n) is 2.41. The Bertz CT molecular complexity index is 715. The molecule has 0 radical (unpaired) electrons. The molecule has 0 atom stereocenters. The molecule has 110 valence electrons. The minimum Gasteiger partial charge on any atom is -0.409 e. The first-order valence-corrected chi connectivity index (χ1v) is 7.12. The third-order valence-corrected chi connectivity index (χ3v) is 4.31. The summed E-state index contributed by atoms with van der Waals surface area (Å²) < 4.78 is 16.8. The van der Waals surface area contributed by atoms with Crippen LogP contribution in [-0.4, -0.2) is 27.1 Å². The van der Waals surface area contributed by atoms with Crippen LogP contribution >= 0.6 is 15.9 Å². The average Bonchev–Trinajstić information content (AvgIpc) is 2.96. The molecule has 1 aliphatic heterocycles. The Morgan fingerprint density at radius 3 is 3.00 bits per heavy atom. The van der Waals surface area contributed by atoms with Crippen LogP contribution in [0.2, 0.25) is 0 Å². The molecule has 1 aromatic heterocycles. The number of aromatic nitrogens is 2. The number of amidine groups is 1. The van der Waals surface area contributed by atoms with Gasteiger partial charge in [0.1, 0.15) is 5.82 Å². The van der Waals surface area contributed by atoms with Crippen molar-refractivity contribution in [3.8, 4) is 0 Å². The van der Waals surface area contributed by atoms with Crippen LogP contribution in [0.3, 0.4) is 0 Å². The van der Waals surface area contributed by atoms with Crippen molar-refractivity contribution in [3.63, 3.8) is 0 Å². The number of halogens is 2. The second-order valence-corrected chi connectivity index (χ2v) is 5.50. The zero-order chi connectivity index (χ0) is 15.0. The largest absolute Gasteiger partial charge is 0.409 e. The fraction of sp³-hybridized carbons (Fsp3) is 0.231. The number of anilines is 1. The van der Waals surface area contributed by atoms with E-state index < -0.39 is 5.82 Å². The van der Waals surface area contributed by atoms with Gasteiger partial charge in [-0.25, -0.2) is 9.37 Å². The predicted molar refractivity (Wildman–Crippen MR) is 79.9 cm³/mol. The van der Waals surface area contributed by atoms with E-state index in [0.717, 1.165) is 12.4 Å². The van der Waals surface area contributed by atoms with Crippen molar-refractivity contribution in [3.05, 3.63) is 46.2 Å². The van der Waals surface area contributed by atoms with Crippen LogP contribution in [0.15, 0.2) is 34.2 Å². The summed E-state index contributed by atoms with van der Waals surface area (Å²) in [5.41, 5.74) is 6.30. The van der Waals surface area contributed by atoms with E-state index >= 15 is 0 Å². The Kier molecular flexibility index (Phi) is 3.54. The van der Waals surface area contributed by atoms with Crippen molar-refractivity contribution in [1.82, 2.24) is 9.55 Å². The zero-order valence-corrected chi connectivity index (χ0v) is 12.6. The minimum absolute atomic E-state index is 0.137. The third-order valence-electron chi connectivity index (χ3n) is 3.53. The number of hydrogen-bond donors (Lipinski definition) is 2. The molecule has 1 aliphatic rings. The number of benzene rings is 1. The standard InChI is InChI=1S/C13H13BrFN5O/c14-11-8(13(16)18-21)1-2-9(12(11)15)20-6-5-19-4-3-17-10(19)7-20/h1-4,21H,5-7H2,(H2,16,18). The highest BCUT2D eigenvalue weighted by molar-refractivity contribution is 9.10. The lowest BCUT2D eigenvalue weighted by Gasteiger charge is -2.30. The average molecular weight is 354 g/mol. The Morgan fingerprint density at radius 1 is 1.43 bits per heavy atom. The molecule has 21 heavy (non-hydrogen) atoms. The monoisotopic (exact) mass is 353 g/mol. The number of oxime groups is 1. The van der Waals surface area contributed by atoms with E-state index in [1.54, 1.807) is 18.3 Å². The zero-order valence-electron chi connectivity index (χ0n) is 11.0. The topological polar surface area (TPSA) is 79.7 Å². The van der Waals surface area contributed by atoms with Crippen LogP contribution in [0.4, 0.5) is 10.1 Å². The molecule has 0 fully saturated rings. The van der Waals surface area contributed by atoms with Gasteiger partial charge in [-0.1, -0.05) is 5.16 Å². The number of nitrogens with zero attached hydrogens (tertiary/aromatic N) is 4. The van der Waals surface area contributed by atoms with Crippen LogP contribution < -0.4 is 10.6 Å². The molecule has 3 N–H and O–H groups in total. The van der Waals surface area contributed by atoms with E-state index in [4.69, 9.17) is 10.9 Å². The van der Waals surface area contributed by atoms with Gasteiger partial charge in [-0.2, -0.15) is 0 Å². The molecule has 2 aromatic rings. The Balaban J connectivity index is 1.96. The number of nitrogens with two attached hydrogens (primary N) is 1. The first-order chi connectivity index (χ1) is 10.1.